The van der Waals surface area contributed by atoms with Gasteiger partial charge in [-0.25, -0.2) is 4.98 Å². The number of hydrogen-bond donors (Lipinski definition) is 1. The van der Waals surface area contributed by atoms with Crippen LogP contribution in [0, 0.1) is 0 Å². The van der Waals surface area contributed by atoms with Crippen LogP contribution >= 0.6 is 23.4 Å². The molecule has 0 aliphatic rings. The molecule has 0 bridgehead atoms. The van der Waals surface area contributed by atoms with Gasteiger partial charge in [0.15, 0.2) is 0 Å². The lowest BCUT2D eigenvalue weighted by Gasteiger charge is -2.01. The van der Waals surface area contributed by atoms with E-state index in [1.54, 1.807) is 30.1 Å². The number of nitrogens with two attached hydrogens (primary N) is 1. The molecule has 1 rings (SSSR count). The third-order valence-electron chi connectivity index (χ3n) is 1.18. The van der Waals surface area contributed by atoms with Gasteiger partial charge >= 0.3 is 0 Å². The summed E-state index contributed by atoms with van der Waals surface area (Å²) in [5.74, 6) is 0.804. The summed E-state index contributed by atoms with van der Waals surface area (Å²) in [6.45, 7) is 3.61. The molecule has 4 heteroatoms. The minimum absolute atomic E-state index is 0.565. The van der Waals surface area contributed by atoms with Gasteiger partial charge in [0.2, 0.25) is 0 Å². The zero-order valence-electron chi connectivity index (χ0n) is 6.46. The smallest absolute Gasteiger partial charge is 0.119 e. The highest BCUT2D eigenvalue weighted by molar-refractivity contribution is 7.99. The van der Waals surface area contributed by atoms with E-state index in [0.717, 1.165) is 10.8 Å². The van der Waals surface area contributed by atoms with E-state index >= 15 is 0 Å². The standard InChI is InChI=1S/C8H9ClN2S/c1-2-3-12-8-7(10)4-6(9)5-11-8/h2,4-5H,1,3,10H2. The third kappa shape index (κ3) is 2.43. The SMILES string of the molecule is C=CCSc1ncc(Cl)cc1N. The van der Waals surface area contributed by atoms with Crippen molar-refractivity contribution in [1.82, 2.24) is 4.98 Å². The second-order valence-electron chi connectivity index (χ2n) is 2.15. The lowest BCUT2D eigenvalue weighted by Crippen LogP contribution is -1.91. The van der Waals surface area contributed by atoms with E-state index in [4.69, 9.17) is 17.3 Å². The molecule has 0 aliphatic heterocycles. The first-order valence-electron chi connectivity index (χ1n) is 3.38. The Kier molecular flexibility index (Phi) is 3.44. The lowest BCUT2D eigenvalue weighted by atomic mass is 10.4. The Morgan fingerprint density at radius 2 is 2.50 bits per heavy atom. The van der Waals surface area contributed by atoms with Gasteiger partial charge in [0, 0.05) is 11.9 Å². The van der Waals surface area contributed by atoms with Crippen molar-refractivity contribution in [3.63, 3.8) is 0 Å². The summed E-state index contributed by atoms with van der Waals surface area (Å²) < 4.78 is 0. The summed E-state index contributed by atoms with van der Waals surface area (Å²) in [5, 5.41) is 1.37. The van der Waals surface area contributed by atoms with Crippen LogP contribution in [0.3, 0.4) is 0 Å². The van der Waals surface area contributed by atoms with Crippen molar-refractivity contribution in [3.8, 4) is 0 Å². The Balaban J connectivity index is 2.78. The molecule has 1 aromatic rings. The van der Waals surface area contributed by atoms with Crippen LogP contribution in [0.5, 0.6) is 0 Å². The number of nitrogens with zero attached hydrogens (tertiary/aromatic N) is 1. The monoisotopic (exact) mass is 200 g/mol. The molecular weight excluding hydrogens is 192 g/mol. The minimum atomic E-state index is 0.565. The maximum absolute atomic E-state index is 5.68. The molecule has 1 aromatic heterocycles. The van der Waals surface area contributed by atoms with E-state index in [9.17, 15) is 0 Å². The van der Waals surface area contributed by atoms with Crippen molar-refractivity contribution in [2.24, 2.45) is 0 Å². The van der Waals surface area contributed by atoms with Gasteiger partial charge in [0.1, 0.15) is 5.03 Å². The number of nitrogen functional groups attached to an aromatic ring is 1. The zero-order valence-corrected chi connectivity index (χ0v) is 8.03. The summed E-state index contributed by atoms with van der Waals surface area (Å²) >= 11 is 7.22. The molecule has 0 radical (unpaired) electrons. The summed E-state index contributed by atoms with van der Waals surface area (Å²) in [6, 6.07) is 1.69. The maximum atomic E-state index is 5.68. The average Bonchev–Trinajstić information content (AvgIpc) is 2.03. The fourth-order valence-electron chi connectivity index (χ4n) is 0.701. The summed E-state index contributed by atoms with van der Waals surface area (Å²) in [4.78, 5) is 4.07. The number of hydrogen-bond acceptors (Lipinski definition) is 3. The van der Waals surface area contributed by atoms with Gasteiger partial charge in [-0.05, 0) is 6.07 Å². The van der Waals surface area contributed by atoms with Crippen LogP contribution in [0.2, 0.25) is 5.02 Å². The van der Waals surface area contributed by atoms with Gasteiger partial charge in [-0.2, -0.15) is 0 Å². The molecule has 64 valence electrons. The van der Waals surface area contributed by atoms with Crippen LogP contribution in [0.1, 0.15) is 0 Å². The highest BCUT2D eigenvalue weighted by atomic mass is 35.5. The van der Waals surface area contributed by atoms with Crippen molar-refractivity contribution in [2.75, 3.05) is 11.5 Å². The minimum Gasteiger partial charge on any atom is -0.396 e. The van der Waals surface area contributed by atoms with Gasteiger partial charge in [-0.15, -0.1) is 18.3 Å². The molecule has 0 aromatic carbocycles. The summed E-state index contributed by atoms with van der Waals surface area (Å²) in [6.07, 6.45) is 3.39. The summed E-state index contributed by atoms with van der Waals surface area (Å²) in [5.41, 5.74) is 6.28. The molecule has 2 nitrogen and oxygen atoms in total. The van der Waals surface area contributed by atoms with E-state index in [1.165, 1.54) is 0 Å². The van der Waals surface area contributed by atoms with E-state index < -0.39 is 0 Å². The van der Waals surface area contributed by atoms with Crippen LogP contribution in [0.15, 0.2) is 29.9 Å². The van der Waals surface area contributed by atoms with Crippen molar-refractivity contribution in [2.45, 2.75) is 5.03 Å². The molecule has 1 heterocycles. The van der Waals surface area contributed by atoms with Crippen molar-refractivity contribution >= 4 is 29.1 Å². The third-order valence-corrected chi connectivity index (χ3v) is 2.41. The van der Waals surface area contributed by atoms with Crippen LogP contribution in [-0.2, 0) is 0 Å². The van der Waals surface area contributed by atoms with E-state index in [-0.39, 0.29) is 0 Å². The Labute approximate surface area is 80.8 Å². The highest BCUT2D eigenvalue weighted by Crippen LogP contribution is 2.24. The fraction of sp³-hybridized carbons (Fsp3) is 0.125. The fourth-order valence-corrected chi connectivity index (χ4v) is 1.50. The first kappa shape index (κ1) is 9.42. The normalized spacial score (nSPS) is 9.75. The number of pyridine rings is 1. The zero-order chi connectivity index (χ0) is 8.97. The first-order valence-corrected chi connectivity index (χ1v) is 4.75. The first-order chi connectivity index (χ1) is 5.74. The number of halogens is 1. The van der Waals surface area contributed by atoms with Gasteiger partial charge in [0.05, 0.1) is 10.7 Å². The topological polar surface area (TPSA) is 38.9 Å². The Morgan fingerprint density at radius 1 is 1.75 bits per heavy atom. The number of rotatable bonds is 3. The van der Waals surface area contributed by atoms with Crippen molar-refractivity contribution in [1.29, 1.82) is 0 Å². The highest BCUT2D eigenvalue weighted by Gasteiger charge is 2.00. The Bertz CT molecular complexity index is 288. The molecule has 0 saturated heterocycles. The second-order valence-corrected chi connectivity index (χ2v) is 3.59. The second kappa shape index (κ2) is 4.38. The van der Waals surface area contributed by atoms with Crippen molar-refractivity contribution < 1.29 is 0 Å². The van der Waals surface area contributed by atoms with Gasteiger partial charge in [-0.1, -0.05) is 17.7 Å². The van der Waals surface area contributed by atoms with Gasteiger partial charge in [0.25, 0.3) is 0 Å². The molecule has 0 fully saturated rings. The molecule has 2 N–H and O–H groups in total. The van der Waals surface area contributed by atoms with Crippen LogP contribution in [-0.4, -0.2) is 10.7 Å². The van der Waals surface area contributed by atoms with Crippen LogP contribution in [0.4, 0.5) is 5.69 Å². The quantitative estimate of drug-likeness (QED) is 0.602. The van der Waals surface area contributed by atoms with Gasteiger partial charge in [-0.3, -0.25) is 0 Å². The number of thioether (sulfide) groups is 1. The molecule has 0 amide bonds. The van der Waals surface area contributed by atoms with Crippen molar-refractivity contribution in [3.05, 3.63) is 29.9 Å². The summed E-state index contributed by atoms with van der Waals surface area (Å²) in [7, 11) is 0. The molecule has 12 heavy (non-hydrogen) atoms. The van der Waals surface area contributed by atoms with E-state index in [0.29, 0.717) is 10.7 Å². The predicted molar refractivity (Wildman–Crippen MR) is 54.6 cm³/mol. The molecular formula is C8H9ClN2S. The molecule has 0 unspecified atom stereocenters. The number of anilines is 1. The predicted octanol–water partition coefficient (Wildman–Crippen LogP) is 2.60. The maximum Gasteiger partial charge on any atom is 0.119 e. The number of aromatic nitrogens is 1. The Hall–Kier alpha value is -0.670. The van der Waals surface area contributed by atoms with Crippen LogP contribution in [0.25, 0.3) is 0 Å². The van der Waals surface area contributed by atoms with E-state index in [2.05, 4.69) is 11.6 Å². The Morgan fingerprint density at radius 3 is 3.08 bits per heavy atom. The molecule has 0 atom stereocenters. The van der Waals surface area contributed by atoms with Gasteiger partial charge < -0.3 is 5.73 Å². The van der Waals surface area contributed by atoms with E-state index in [1.807, 2.05) is 0 Å². The molecule has 0 spiro atoms. The molecule has 0 aliphatic carbocycles. The lowest BCUT2D eigenvalue weighted by molar-refractivity contribution is 1.14. The largest absolute Gasteiger partial charge is 0.396 e. The average molecular weight is 201 g/mol. The van der Waals surface area contributed by atoms with Crippen LogP contribution < -0.4 is 5.73 Å². The molecule has 0 saturated carbocycles.